The minimum atomic E-state index is 0.891. The summed E-state index contributed by atoms with van der Waals surface area (Å²) in [5, 5.41) is 3.85. The molecule has 1 aliphatic heterocycles. The van der Waals surface area contributed by atoms with Crippen LogP contribution in [-0.2, 0) is 4.84 Å². The largest absolute Gasteiger partial charge is 0.370 e. The first-order valence-electron chi connectivity index (χ1n) is 2.86. The zero-order valence-corrected chi connectivity index (χ0v) is 5.86. The standard InChI is InChI=1S/C6H10N2O/c1-4-5(2)7-8-9-6(4)3/h8H,1-3H3. The van der Waals surface area contributed by atoms with Crippen LogP contribution in [0, 0.1) is 0 Å². The maximum absolute atomic E-state index is 4.90. The van der Waals surface area contributed by atoms with Crippen molar-refractivity contribution >= 4 is 5.71 Å². The first kappa shape index (κ1) is 6.13. The van der Waals surface area contributed by atoms with Crippen molar-refractivity contribution in [2.75, 3.05) is 0 Å². The molecule has 0 unspecified atom stereocenters. The van der Waals surface area contributed by atoms with Gasteiger partial charge >= 0.3 is 0 Å². The van der Waals surface area contributed by atoms with Crippen LogP contribution < -0.4 is 5.59 Å². The SMILES string of the molecule is CC1=NNOC(C)=C1C. The number of nitrogens with one attached hydrogen (secondary N) is 1. The molecule has 0 aromatic rings. The first-order valence-corrected chi connectivity index (χ1v) is 2.86. The fourth-order valence-electron chi connectivity index (χ4n) is 0.575. The summed E-state index contributed by atoms with van der Waals surface area (Å²) in [6.07, 6.45) is 0. The smallest absolute Gasteiger partial charge is 0.135 e. The lowest BCUT2D eigenvalue weighted by Crippen LogP contribution is -2.16. The number of allylic oxidation sites excluding steroid dienone is 2. The van der Waals surface area contributed by atoms with Gasteiger partial charge in [0.1, 0.15) is 5.76 Å². The normalized spacial score (nSPS) is 18.3. The van der Waals surface area contributed by atoms with E-state index in [1.54, 1.807) is 0 Å². The topological polar surface area (TPSA) is 33.6 Å². The summed E-state index contributed by atoms with van der Waals surface area (Å²) in [6, 6.07) is 0. The first-order chi connectivity index (χ1) is 4.22. The van der Waals surface area contributed by atoms with E-state index in [0.29, 0.717) is 0 Å². The minimum Gasteiger partial charge on any atom is -0.370 e. The second-order valence-electron chi connectivity index (χ2n) is 2.07. The fraction of sp³-hybridized carbons (Fsp3) is 0.500. The second-order valence-corrected chi connectivity index (χ2v) is 2.07. The Morgan fingerprint density at radius 2 is 2.00 bits per heavy atom. The molecule has 0 aromatic heterocycles. The van der Waals surface area contributed by atoms with Crippen LogP contribution in [-0.4, -0.2) is 5.71 Å². The molecule has 1 heterocycles. The molecule has 3 nitrogen and oxygen atoms in total. The monoisotopic (exact) mass is 126 g/mol. The highest BCUT2D eigenvalue weighted by Crippen LogP contribution is 2.08. The average Bonchev–Trinajstić information content (AvgIpc) is 1.83. The van der Waals surface area contributed by atoms with Crippen molar-refractivity contribution in [3.8, 4) is 0 Å². The molecule has 9 heavy (non-hydrogen) atoms. The highest BCUT2D eigenvalue weighted by molar-refractivity contribution is 5.98. The third-order valence-electron chi connectivity index (χ3n) is 1.48. The van der Waals surface area contributed by atoms with Crippen LogP contribution in [0.15, 0.2) is 16.4 Å². The zero-order chi connectivity index (χ0) is 6.85. The molecule has 50 valence electrons. The maximum atomic E-state index is 4.90. The van der Waals surface area contributed by atoms with Crippen LogP contribution in [0.4, 0.5) is 0 Å². The van der Waals surface area contributed by atoms with Gasteiger partial charge in [0.2, 0.25) is 0 Å². The van der Waals surface area contributed by atoms with Crippen molar-refractivity contribution in [1.29, 1.82) is 0 Å². The molecule has 1 N–H and O–H groups in total. The molecule has 1 rings (SSSR count). The predicted molar refractivity (Wildman–Crippen MR) is 35.7 cm³/mol. The van der Waals surface area contributed by atoms with Gasteiger partial charge in [-0.1, -0.05) is 0 Å². The van der Waals surface area contributed by atoms with Crippen LogP contribution in [0.1, 0.15) is 20.8 Å². The van der Waals surface area contributed by atoms with Crippen molar-refractivity contribution in [2.24, 2.45) is 5.10 Å². The molecule has 0 saturated carbocycles. The third-order valence-corrected chi connectivity index (χ3v) is 1.48. The summed E-state index contributed by atoms with van der Waals surface area (Å²) in [4.78, 5) is 4.90. The second kappa shape index (κ2) is 2.09. The van der Waals surface area contributed by atoms with Gasteiger partial charge in [-0.3, -0.25) is 0 Å². The fourth-order valence-corrected chi connectivity index (χ4v) is 0.575. The maximum Gasteiger partial charge on any atom is 0.135 e. The van der Waals surface area contributed by atoms with Crippen molar-refractivity contribution in [3.63, 3.8) is 0 Å². The van der Waals surface area contributed by atoms with Crippen molar-refractivity contribution in [3.05, 3.63) is 11.3 Å². The molecular weight excluding hydrogens is 116 g/mol. The third kappa shape index (κ3) is 1.04. The predicted octanol–water partition coefficient (Wildman–Crippen LogP) is 1.19. The van der Waals surface area contributed by atoms with Gasteiger partial charge in [-0.25, -0.2) is 0 Å². The summed E-state index contributed by atoms with van der Waals surface area (Å²) in [5.74, 6) is 0.891. The van der Waals surface area contributed by atoms with Gasteiger partial charge in [0.25, 0.3) is 0 Å². The zero-order valence-electron chi connectivity index (χ0n) is 5.86. The van der Waals surface area contributed by atoms with E-state index in [2.05, 4.69) is 10.7 Å². The molecule has 0 bridgehead atoms. The Morgan fingerprint density at radius 3 is 2.44 bits per heavy atom. The van der Waals surface area contributed by atoms with Crippen LogP contribution in [0.5, 0.6) is 0 Å². The Labute approximate surface area is 54.4 Å². The Bertz CT molecular complexity index is 181. The molecule has 0 fully saturated rings. The molecule has 0 spiro atoms. The highest BCUT2D eigenvalue weighted by Gasteiger charge is 2.05. The Balaban J connectivity index is 2.88. The van der Waals surface area contributed by atoms with Crippen LogP contribution in [0.25, 0.3) is 0 Å². The van der Waals surface area contributed by atoms with E-state index in [1.165, 1.54) is 0 Å². The molecule has 0 aromatic carbocycles. The van der Waals surface area contributed by atoms with Gasteiger partial charge in [-0.05, 0) is 20.8 Å². The van der Waals surface area contributed by atoms with Crippen LogP contribution >= 0.6 is 0 Å². The molecular formula is C6H10N2O. The van der Waals surface area contributed by atoms with Gasteiger partial charge in [0.05, 0.1) is 5.71 Å². The number of hydrazone groups is 1. The number of nitrogens with zero attached hydrogens (tertiary/aromatic N) is 1. The summed E-state index contributed by atoms with van der Waals surface area (Å²) in [6.45, 7) is 5.82. The van der Waals surface area contributed by atoms with Gasteiger partial charge in [0.15, 0.2) is 0 Å². The van der Waals surface area contributed by atoms with Crippen molar-refractivity contribution < 1.29 is 4.84 Å². The Kier molecular flexibility index (Phi) is 1.42. The van der Waals surface area contributed by atoms with E-state index in [0.717, 1.165) is 17.0 Å². The van der Waals surface area contributed by atoms with E-state index in [9.17, 15) is 0 Å². The quantitative estimate of drug-likeness (QED) is 0.529. The van der Waals surface area contributed by atoms with Crippen LogP contribution in [0.3, 0.4) is 0 Å². The van der Waals surface area contributed by atoms with E-state index >= 15 is 0 Å². The molecule has 0 atom stereocenters. The van der Waals surface area contributed by atoms with E-state index < -0.39 is 0 Å². The van der Waals surface area contributed by atoms with Crippen molar-refractivity contribution in [1.82, 2.24) is 5.59 Å². The summed E-state index contributed by atoms with van der Waals surface area (Å²) in [5.41, 5.74) is 4.54. The molecule has 0 saturated heterocycles. The average molecular weight is 126 g/mol. The minimum absolute atomic E-state index is 0.891. The van der Waals surface area contributed by atoms with Gasteiger partial charge in [0, 0.05) is 5.57 Å². The molecule has 0 aliphatic carbocycles. The highest BCUT2D eigenvalue weighted by atomic mass is 16.7. The van der Waals surface area contributed by atoms with E-state index in [4.69, 9.17) is 4.84 Å². The van der Waals surface area contributed by atoms with Crippen LogP contribution in [0.2, 0.25) is 0 Å². The lowest BCUT2D eigenvalue weighted by Gasteiger charge is -2.13. The molecule has 1 aliphatic rings. The van der Waals surface area contributed by atoms with Gasteiger partial charge in [-0.15, -0.1) is 10.7 Å². The lowest BCUT2D eigenvalue weighted by atomic mass is 10.2. The number of hydrogen-bond acceptors (Lipinski definition) is 3. The summed E-state index contributed by atoms with van der Waals surface area (Å²) < 4.78 is 0. The van der Waals surface area contributed by atoms with Gasteiger partial charge < -0.3 is 4.84 Å². The Hall–Kier alpha value is -0.990. The molecule has 0 amide bonds. The van der Waals surface area contributed by atoms with Gasteiger partial charge in [-0.2, -0.15) is 0 Å². The molecule has 0 radical (unpaired) electrons. The summed E-state index contributed by atoms with van der Waals surface area (Å²) in [7, 11) is 0. The Morgan fingerprint density at radius 1 is 1.33 bits per heavy atom. The van der Waals surface area contributed by atoms with Crippen molar-refractivity contribution in [2.45, 2.75) is 20.8 Å². The summed E-state index contributed by atoms with van der Waals surface area (Å²) >= 11 is 0. The molecule has 3 heteroatoms. The lowest BCUT2D eigenvalue weighted by molar-refractivity contribution is 0.103. The number of hydrogen-bond donors (Lipinski definition) is 1. The number of rotatable bonds is 0. The van der Waals surface area contributed by atoms with E-state index in [-0.39, 0.29) is 0 Å². The van der Waals surface area contributed by atoms with E-state index in [1.807, 2.05) is 20.8 Å².